The molecule has 0 heterocycles. The average molecular weight is 179 g/mol. The van der Waals surface area contributed by atoms with Crippen molar-refractivity contribution in [2.75, 3.05) is 14.1 Å². The zero-order valence-electron chi connectivity index (χ0n) is 9.46. The standard InChI is InChI=1S/C12H21N/c1-8-6-11(13(4)5)10-7-9(8)12(10,2)3/h6,9-11H,7H2,1-5H3/t9-,10+,11-/m1/s1. The van der Waals surface area contributed by atoms with Crippen LogP contribution in [0.25, 0.3) is 0 Å². The number of fused-ring (bicyclic) bond motifs is 1. The summed E-state index contributed by atoms with van der Waals surface area (Å²) in [6.45, 7) is 7.16. The SMILES string of the molecule is CC1=C[C@@H](N(C)C)[C@@H]2C[C@H]1C2(C)C. The topological polar surface area (TPSA) is 3.24 Å². The van der Waals surface area contributed by atoms with Gasteiger partial charge in [0.2, 0.25) is 0 Å². The molecule has 3 aliphatic rings. The van der Waals surface area contributed by atoms with E-state index in [9.17, 15) is 0 Å². The van der Waals surface area contributed by atoms with Crippen LogP contribution >= 0.6 is 0 Å². The molecule has 0 aliphatic heterocycles. The van der Waals surface area contributed by atoms with E-state index in [1.807, 2.05) is 0 Å². The summed E-state index contributed by atoms with van der Waals surface area (Å²) in [5, 5.41) is 0. The normalized spacial score (nSPS) is 41.4. The Kier molecular flexibility index (Phi) is 1.85. The molecule has 0 spiro atoms. The Morgan fingerprint density at radius 2 is 2.00 bits per heavy atom. The predicted molar refractivity (Wildman–Crippen MR) is 56.6 cm³/mol. The summed E-state index contributed by atoms with van der Waals surface area (Å²) in [5.74, 6) is 1.75. The van der Waals surface area contributed by atoms with Gasteiger partial charge in [0.15, 0.2) is 0 Å². The number of allylic oxidation sites excluding steroid dienone is 1. The minimum Gasteiger partial charge on any atom is -0.303 e. The van der Waals surface area contributed by atoms with E-state index in [2.05, 4.69) is 45.8 Å². The average Bonchev–Trinajstić information content (AvgIpc) is 2.02. The Bertz CT molecular complexity index is 250. The molecule has 0 unspecified atom stereocenters. The van der Waals surface area contributed by atoms with Crippen LogP contribution in [0, 0.1) is 17.3 Å². The molecule has 2 bridgehead atoms. The fourth-order valence-electron chi connectivity index (χ4n) is 3.32. The molecule has 0 aromatic carbocycles. The molecule has 0 amide bonds. The molecule has 0 aromatic rings. The number of hydrogen-bond donors (Lipinski definition) is 0. The number of rotatable bonds is 1. The van der Waals surface area contributed by atoms with Gasteiger partial charge in [-0.3, -0.25) is 0 Å². The van der Waals surface area contributed by atoms with Crippen molar-refractivity contribution in [2.45, 2.75) is 33.2 Å². The van der Waals surface area contributed by atoms with Gasteiger partial charge < -0.3 is 4.90 Å². The summed E-state index contributed by atoms with van der Waals surface area (Å²) in [7, 11) is 4.40. The Labute approximate surface area is 81.8 Å². The number of likely N-dealkylation sites (N-methyl/N-ethyl adjacent to an activating group) is 1. The molecule has 3 atom stereocenters. The van der Waals surface area contributed by atoms with Gasteiger partial charge in [-0.1, -0.05) is 25.5 Å². The van der Waals surface area contributed by atoms with Crippen LogP contribution in [0.15, 0.2) is 11.6 Å². The fourth-order valence-corrected chi connectivity index (χ4v) is 3.32. The van der Waals surface area contributed by atoms with Crippen molar-refractivity contribution in [3.63, 3.8) is 0 Å². The van der Waals surface area contributed by atoms with Gasteiger partial charge in [0.1, 0.15) is 0 Å². The highest BCUT2D eigenvalue weighted by Crippen LogP contribution is 2.59. The zero-order chi connectivity index (χ0) is 9.80. The van der Waals surface area contributed by atoms with E-state index >= 15 is 0 Å². The minimum atomic E-state index is 0.549. The van der Waals surface area contributed by atoms with Crippen LogP contribution in [0.1, 0.15) is 27.2 Å². The second-order valence-corrected chi connectivity index (χ2v) is 5.58. The second-order valence-electron chi connectivity index (χ2n) is 5.58. The zero-order valence-corrected chi connectivity index (χ0v) is 9.46. The van der Waals surface area contributed by atoms with E-state index in [-0.39, 0.29) is 0 Å². The van der Waals surface area contributed by atoms with Crippen LogP contribution < -0.4 is 0 Å². The summed E-state index contributed by atoms with van der Waals surface area (Å²) in [6.07, 6.45) is 3.89. The van der Waals surface area contributed by atoms with Crippen molar-refractivity contribution in [3.05, 3.63) is 11.6 Å². The molecular formula is C12H21N. The van der Waals surface area contributed by atoms with Gasteiger partial charge in [0.25, 0.3) is 0 Å². The predicted octanol–water partition coefficient (Wildman–Crippen LogP) is 2.54. The summed E-state index contributed by atoms with van der Waals surface area (Å²) in [5.41, 5.74) is 2.17. The van der Waals surface area contributed by atoms with E-state index in [1.165, 1.54) is 6.42 Å². The first-order valence-electron chi connectivity index (χ1n) is 5.29. The van der Waals surface area contributed by atoms with Crippen LogP contribution in [-0.4, -0.2) is 25.0 Å². The first-order valence-corrected chi connectivity index (χ1v) is 5.29. The maximum atomic E-state index is 2.48. The summed E-state index contributed by atoms with van der Waals surface area (Å²) < 4.78 is 0. The highest BCUT2D eigenvalue weighted by Gasteiger charge is 2.54. The van der Waals surface area contributed by atoms with Gasteiger partial charge in [-0.05, 0) is 44.7 Å². The minimum absolute atomic E-state index is 0.549. The van der Waals surface area contributed by atoms with E-state index in [0.29, 0.717) is 11.5 Å². The third-order valence-electron chi connectivity index (χ3n) is 4.34. The van der Waals surface area contributed by atoms with Gasteiger partial charge in [-0.25, -0.2) is 0 Å². The molecule has 0 N–H and O–H groups in total. The molecule has 1 heteroatoms. The molecule has 3 rings (SSSR count). The van der Waals surface area contributed by atoms with Gasteiger partial charge in [0.05, 0.1) is 0 Å². The molecule has 1 nitrogen and oxygen atoms in total. The quantitative estimate of drug-likeness (QED) is 0.559. The van der Waals surface area contributed by atoms with Gasteiger partial charge >= 0.3 is 0 Å². The lowest BCUT2D eigenvalue weighted by molar-refractivity contribution is -0.0478. The van der Waals surface area contributed by atoms with E-state index < -0.39 is 0 Å². The van der Waals surface area contributed by atoms with Crippen LogP contribution in [0.2, 0.25) is 0 Å². The van der Waals surface area contributed by atoms with Gasteiger partial charge in [-0.15, -0.1) is 0 Å². The lowest BCUT2D eigenvalue weighted by Gasteiger charge is -2.60. The highest BCUT2D eigenvalue weighted by molar-refractivity contribution is 5.26. The highest BCUT2D eigenvalue weighted by atomic mass is 15.1. The first kappa shape index (κ1) is 9.26. The lowest BCUT2D eigenvalue weighted by atomic mass is 9.47. The van der Waals surface area contributed by atoms with Gasteiger partial charge in [0, 0.05) is 6.04 Å². The molecule has 0 aromatic heterocycles. The molecular weight excluding hydrogens is 158 g/mol. The maximum Gasteiger partial charge on any atom is 0.0308 e. The molecule has 74 valence electrons. The van der Waals surface area contributed by atoms with E-state index in [1.54, 1.807) is 5.57 Å². The van der Waals surface area contributed by atoms with Crippen LogP contribution in [0.4, 0.5) is 0 Å². The summed E-state index contributed by atoms with van der Waals surface area (Å²) in [4.78, 5) is 2.37. The van der Waals surface area contributed by atoms with Crippen LogP contribution in [-0.2, 0) is 0 Å². The molecule has 0 radical (unpaired) electrons. The van der Waals surface area contributed by atoms with Gasteiger partial charge in [-0.2, -0.15) is 0 Å². The second kappa shape index (κ2) is 2.60. The summed E-state index contributed by atoms with van der Waals surface area (Å²) >= 11 is 0. The van der Waals surface area contributed by atoms with Crippen molar-refractivity contribution in [1.82, 2.24) is 4.90 Å². The monoisotopic (exact) mass is 179 g/mol. The number of nitrogens with zero attached hydrogens (tertiary/aromatic N) is 1. The maximum absolute atomic E-state index is 2.48. The van der Waals surface area contributed by atoms with Crippen LogP contribution in [0.5, 0.6) is 0 Å². The van der Waals surface area contributed by atoms with Crippen molar-refractivity contribution in [1.29, 1.82) is 0 Å². The van der Waals surface area contributed by atoms with E-state index in [4.69, 9.17) is 0 Å². The molecule has 1 saturated carbocycles. The smallest absolute Gasteiger partial charge is 0.0308 e. The largest absolute Gasteiger partial charge is 0.303 e. The summed E-state index contributed by atoms with van der Waals surface area (Å²) in [6, 6.07) is 0.681. The van der Waals surface area contributed by atoms with E-state index in [0.717, 1.165) is 11.8 Å². The fraction of sp³-hybridized carbons (Fsp3) is 0.833. The van der Waals surface area contributed by atoms with Crippen molar-refractivity contribution in [3.8, 4) is 0 Å². The Morgan fingerprint density at radius 1 is 1.38 bits per heavy atom. The van der Waals surface area contributed by atoms with Crippen LogP contribution in [0.3, 0.4) is 0 Å². The number of hydrogen-bond acceptors (Lipinski definition) is 1. The Hall–Kier alpha value is -0.300. The van der Waals surface area contributed by atoms with Crippen molar-refractivity contribution >= 4 is 0 Å². The lowest BCUT2D eigenvalue weighted by Crippen LogP contribution is -2.57. The van der Waals surface area contributed by atoms with Crippen molar-refractivity contribution < 1.29 is 0 Å². The molecule has 3 aliphatic carbocycles. The third-order valence-corrected chi connectivity index (χ3v) is 4.34. The first-order chi connectivity index (χ1) is 5.94. The van der Waals surface area contributed by atoms with Crippen molar-refractivity contribution in [2.24, 2.45) is 17.3 Å². The molecule has 0 saturated heterocycles. The third kappa shape index (κ3) is 1.10. The molecule has 13 heavy (non-hydrogen) atoms. The Balaban J connectivity index is 2.30. The molecule has 1 fully saturated rings. The Morgan fingerprint density at radius 3 is 2.38 bits per heavy atom.